The van der Waals surface area contributed by atoms with Gasteiger partial charge in [0.25, 0.3) is 0 Å². The van der Waals surface area contributed by atoms with Gasteiger partial charge in [-0.15, -0.1) is 120 Å². The van der Waals surface area contributed by atoms with Gasteiger partial charge in [-0.2, -0.15) is 0 Å². The Balaban J connectivity index is 0. The molecule has 0 aromatic heterocycles. The first-order valence-corrected chi connectivity index (χ1v) is 0. The van der Waals surface area contributed by atoms with Crippen molar-refractivity contribution in [1.29, 1.82) is 0 Å². The molecule has 17 heavy (non-hydrogen) atoms. The van der Waals surface area contributed by atoms with E-state index in [0.29, 0.717) is 0 Å². The van der Waals surface area contributed by atoms with E-state index in [1.165, 1.54) is 0 Å². The third-order valence-electron chi connectivity index (χ3n) is 0. The molecule has 0 fully saturated rings. The van der Waals surface area contributed by atoms with E-state index < -0.39 is 0 Å². The SMILES string of the molecule is I.I.I.I.I.[KH].[KH].[KH].[KH].[KH].[KH].[KH].[KH].[KH].[KH].[KH].[KH]. The van der Waals surface area contributed by atoms with Gasteiger partial charge in [0.2, 0.25) is 0 Å². The van der Waals surface area contributed by atoms with E-state index in [1.807, 2.05) is 0 Å². The third kappa shape index (κ3) is 101. The monoisotopic (exact) mass is 1120 g/mol. The van der Waals surface area contributed by atoms with E-state index >= 15 is 0 Å². The molecule has 0 nitrogen and oxygen atoms in total. The number of hydrogen-bond acceptors (Lipinski definition) is 0. The molecule has 0 bridgehead atoms. The molecule has 0 spiro atoms. The van der Waals surface area contributed by atoms with Crippen LogP contribution in [-0.2, 0) is 0 Å². The Morgan fingerprint density at radius 3 is 0.118 bits per heavy atom. The Morgan fingerprint density at radius 1 is 0.118 bits per heavy atom. The first kappa shape index (κ1) is 115. The van der Waals surface area contributed by atoms with Crippen molar-refractivity contribution in [2.75, 3.05) is 0 Å². The van der Waals surface area contributed by atoms with Crippen molar-refractivity contribution < 1.29 is 0 Å². The van der Waals surface area contributed by atoms with Crippen LogP contribution in [-0.4, -0.2) is 617 Å². The molecular weight excluding hydrogens is 1100 g/mol. The van der Waals surface area contributed by atoms with Gasteiger partial charge in [-0.1, -0.05) is 0 Å². The maximum absolute atomic E-state index is 0. The van der Waals surface area contributed by atoms with Gasteiger partial charge in [-0.25, -0.2) is 0 Å². The summed E-state index contributed by atoms with van der Waals surface area (Å²) in [6, 6.07) is 0. The van der Waals surface area contributed by atoms with E-state index in [2.05, 4.69) is 0 Å². The van der Waals surface area contributed by atoms with Crippen LogP contribution in [0.3, 0.4) is 0 Å². The van der Waals surface area contributed by atoms with E-state index in [9.17, 15) is 0 Å². The Kier molecular flexibility index (Phi) is 716. The molecule has 0 unspecified atom stereocenters. The summed E-state index contributed by atoms with van der Waals surface area (Å²) in [4.78, 5) is 0. The van der Waals surface area contributed by atoms with Gasteiger partial charge in [-0.3, -0.25) is 0 Å². The van der Waals surface area contributed by atoms with Crippen molar-refractivity contribution >= 4 is 736 Å². The van der Waals surface area contributed by atoms with E-state index in [1.54, 1.807) is 0 Å². The van der Waals surface area contributed by atoms with Gasteiger partial charge in [-0.05, 0) is 0 Å². The van der Waals surface area contributed by atoms with Gasteiger partial charge in [0.1, 0.15) is 0 Å². The second-order valence-corrected chi connectivity index (χ2v) is 0. The van der Waals surface area contributed by atoms with E-state index in [-0.39, 0.29) is 736 Å². The van der Waals surface area contributed by atoms with Gasteiger partial charge >= 0.3 is 617 Å². The fourth-order valence-corrected chi connectivity index (χ4v) is 0. The van der Waals surface area contributed by atoms with Gasteiger partial charge in [0.15, 0.2) is 0 Å². The van der Waals surface area contributed by atoms with Crippen LogP contribution in [0.1, 0.15) is 0 Å². The zero-order valence-corrected chi connectivity index (χ0v) is 13.7. The van der Waals surface area contributed by atoms with E-state index in [0.717, 1.165) is 0 Å². The molecule has 0 saturated carbocycles. The normalized spacial score (nSPS) is 0. The molecule has 0 heterocycles. The average Bonchev–Trinajstić information content (AvgIpc) is 0. The molecule has 0 saturated heterocycles. The summed E-state index contributed by atoms with van der Waals surface area (Å²) in [5.74, 6) is 0. The average molecular weight is 1120 g/mol. The minimum atomic E-state index is 0. The molecule has 0 N–H and O–H groups in total. The molecule has 0 rings (SSSR count). The Bertz CT molecular complexity index is 14.9. The quantitative estimate of drug-likeness (QED) is 0.170. The molecule has 0 aromatic rings. The number of hydrogen-bond donors (Lipinski definition) is 0. The summed E-state index contributed by atoms with van der Waals surface area (Å²) in [6.45, 7) is 0. The Hall–Kier alpha value is 23.3. The summed E-state index contributed by atoms with van der Waals surface area (Å²) in [5.41, 5.74) is 0. The van der Waals surface area contributed by atoms with Gasteiger partial charge in [0.05, 0.1) is 0 Å². The van der Waals surface area contributed by atoms with Crippen LogP contribution in [0.5, 0.6) is 0 Å². The summed E-state index contributed by atoms with van der Waals surface area (Å²) in [6.07, 6.45) is 0. The minimum absolute atomic E-state index is 0. The van der Waals surface area contributed by atoms with Crippen molar-refractivity contribution in [2.45, 2.75) is 0 Å². The van der Waals surface area contributed by atoms with Crippen molar-refractivity contribution in [3.05, 3.63) is 0 Å². The summed E-state index contributed by atoms with van der Waals surface area (Å²) < 4.78 is 0. The molecule has 17 heteroatoms. The van der Waals surface area contributed by atoms with Crippen LogP contribution in [0, 0.1) is 0 Å². The zero-order chi connectivity index (χ0) is 0. The third-order valence-corrected chi connectivity index (χ3v) is 0. The second-order valence-electron chi connectivity index (χ2n) is 0. The molecule has 0 aromatic carbocycles. The topological polar surface area (TPSA) is 0 Å². The summed E-state index contributed by atoms with van der Waals surface area (Å²) >= 11 is 0. The van der Waals surface area contributed by atoms with Crippen LogP contribution in [0.4, 0.5) is 0 Å². The number of rotatable bonds is 0. The molecule has 0 atom stereocenters. The number of halogens is 5. The van der Waals surface area contributed by atoms with Crippen molar-refractivity contribution in [1.82, 2.24) is 0 Å². The first-order chi connectivity index (χ1) is 0. The van der Waals surface area contributed by atoms with E-state index in [4.69, 9.17) is 0 Å². The molecule has 0 amide bonds. The Labute approximate surface area is 704 Å². The fourth-order valence-electron chi connectivity index (χ4n) is 0. The van der Waals surface area contributed by atoms with Crippen molar-refractivity contribution in [2.24, 2.45) is 0 Å². The first-order valence-electron chi connectivity index (χ1n) is 0. The molecule has 0 aliphatic carbocycles. The molecule has 64 valence electrons. The van der Waals surface area contributed by atoms with Crippen LogP contribution < -0.4 is 0 Å². The van der Waals surface area contributed by atoms with Crippen LogP contribution in [0.25, 0.3) is 0 Å². The predicted molar refractivity (Wildman–Crippen MR) is 163 cm³/mol. The fraction of sp³-hybridized carbons (Fsp3) is 0. The van der Waals surface area contributed by atoms with Gasteiger partial charge < -0.3 is 0 Å². The summed E-state index contributed by atoms with van der Waals surface area (Å²) in [5, 5.41) is 0. The Morgan fingerprint density at radius 2 is 0.118 bits per heavy atom. The molecule has 0 aliphatic rings. The maximum atomic E-state index is 0. The van der Waals surface area contributed by atoms with Gasteiger partial charge in [0, 0.05) is 0 Å². The van der Waals surface area contributed by atoms with Crippen LogP contribution >= 0.6 is 120 Å². The van der Waals surface area contributed by atoms with Crippen LogP contribution in [0.2, 0.25) is 0 Å². The predicted octanol–water partition coefficient (Wildman–Crippen LogP) is -4.69. The van der Waals surface area contributed by atoms with Crippen LogP contribution in [0.15, 0.2) is 0 Å². The molecular formula is H17I5K12. The van der Waals surface area contributed by atoms with Crippen molar-refractivity contribution in [3.63, 3.8) is 0 Å². The standard InChI is InChI=1S/5HI.12K.12H/h5*1H;;;;;;;;;;;;;;;;;;;;;;;;. The molecule has 0 radical (unpaired) electrons. The second kappa shape index (κ2) is 106. The zero-order valence-electron chi connectivity index (χ0n) is 2.04. The van der Waals surface area contributed by atoms with Crippen molar-refractivity contribution in [3.8, 4) is 0 Å². The summed E-state index contributed by atoms with van der Waals surface area (Å²) in [7, 11) is 0. The molecule has 0 aliphatic heterocycles.